The maximum atomic E-state index is 12.5. The van der Waals surface area contributed by atoms with Gasteiger partial charge in [0.2, 0.25) is 0 Å². The SMILES string of the molecule is CCOC(=O)[C@]1(CO)C[C@H]1COC(c1ccccc1)(c1ccccc1)c1ccc(OC)cc1. The van der Waals surface area contributed by atoms with Crippen molar-refractivity contribution < 1.29 is 24.1 Å². The van der Waals surface area contributed by atoms with Crippen LogP contribution in [0.1, 0.15) is 30.0 Å². The van der Waals surface area contributed by atoms with Crippen LogP contribution >= 0.6 is 0 Å². The van der Waals surface area contributed by atoms with Gasteiger partial charge < -0.3 is 19.3 Å². The van der Waals surface area contributed by atoms with Crippen molar-refractivity contribution >= 4 is 5.97 Å². The van der Waals surface area contributed by atoms with Crippen molar-refractivity contribution in [3.05, 3.63) is 102 Å². The van der Waals surface area contributed by atoms with Gasteiger partial charge >= 0.3 is 5.97 Å². The molecule has 5 heteroatoms. The van der Waals surface area contributed by atoms with Gasteiger partial charge in [0, 0.05) is 5.92 Å². The highest BCUT2D eigenvalue weighted by atomic mass is 16.5. The molecule has 0 aromatic heterocycles. The van der Waals surface area contributed by atoms with Crippen LogP contribution in [0.25, 0.3) is 0 Å². The van der Waals surface area contributed by atoms with Gasteiger partial charge in [0.25, 0.3) is 0 Å². The number of methoxy groups -OCH3 is 1. The van der Waals surface area contributed by atoms with Gasteiger partial charge in [0.05, 0.1) is 32.3 Å². The molecule has 0 amide bonds. The summed E-state index contributed by atoms with van der Waals surface area (Å²) in [7, 11) is 1.64. The summed E-state index contributed by atoms with van der Waals surface area (Å²) in [6.07, 6.45) is 0.546. The van der Waals surface area contributed by atoms with E-state index in [0.717, 1.165) is 22.4 Å². The molecule has 1 saturated carbocycles. The van der Waals surface area contributed by atoms with Crippen molar-refractivity contribution in [1.29, 1.82) is 0 Å². The minimum absolute atomic E-state index is 0.119. The van der Waals surface area contributed by atoms with Crippen molar-refractivity contribution in [3.63, 3.8) is 0 Å². The summed E-state index contributed by atoms with van der Waals surface area (Å²) < 4.78 is 17.4. The molecule has 0 unspecified atom stereocenters. The Kier molecular flexibility index (Phi) is 6.82. The second-order valence-corrected chi connectivity index (χ2v) is 8.39. The third-order valence-electron chi connectivity index (χ3n) is 6.55. The number of hydrogen-bond acceptors (Lipinski definition) is 5. The van der Waals surface area contributed by atoms with Gasteiger partial charge in [0.15, 0.2) is 0 Å². The molecule has 1 fully saturated rings. The topological polar surface area (TPSA) is 65.0 Å². The van der Waals surface area contributed by atoms with E-state index in [0.29, 0.717) is 13.0 Å². The Balaban J connectivity index is 1.76. The fourth-order valence-corrected chi connectivity index (χ4v) is 4.53. The van der Waals surface area contributed by atoms with E-state index >= 15 is 0 Å². The first kappa shape index (κ1) is 23.0. The summed E-state index contributed by atoms with van der Waals surface area (Å²) in [6.45, 7) is 2.12. The molecule has 2 atom stereocenters. The summed E-state index contributed by atoms with van der Waals surface area (Å²) in [4.78, 5) is 12.5. The molecule has 172 valence electrons. The van der Waals surface area contributed by atoms with Gasteiger partial charge in [0.1, 0.15) is 11.4 Å². The molecule has 5 nitrogen and oxygen atoms in total. The molecular weight excluding hydrogens is 416 g/mol. The second kappa shape index (κ2) is 9.77. The highest BCUT2D eigenvalue weighted by molar-refractivity contribution is 5.80. The third-order valence-corrected chi connectivity index (χ3v) is 6.55. The highest BCUT2D eigenvalue weighted by Crippen LogP contribution is 2.54. The molecule has 0 radical (unpaired) electrons. The number of carbonyl (C=O) groups excluding carboxylic acids is 1. The van der Waals surface area contributed by atoms with Crippen LogP contribution in [-0.2, 0) is 19.9 Å². The van der Waals surface area contributed by atoms with Crippen LogP contribution in [0.15, 0.2) is 84.9 Å². The summed E-state index contributed by atoms with van der Waals surface area (Å²) >= 11 is 0. The molecule has 0 saturated heterocycles. The van der Waals surface area contributed by atoms with Crippen molar-refractivity contribution in [2.45, 2.75) is 18.9 Å². The first-order valence-electron chi connectivity index (χ1n) is 11.3. The molecule has 1 aliphatic carbocycles. The zero-order valence-corrected chi connectivity index (χ0v) is 19.1. The number of hydrogen-bond donors (Lipinski definition) is 1. The Labute approximate surface area is 194 Å². The molecule has 0 heterocycles. The molecule has 0 spiro atoms. The summed E-state index contributed by atoms with van der Waals surface area (Å²) in [5, 5.41) is 9.99. The maximum absolute atomic E-state index is 12.5. The second-order valence-electron chi connectivity index (χ2n) is 8.39. The van der Waals surface area contributed by atoms with Crippen LogP contribution in [-0.4, -0.2) is 38.0 Å². The lowest BCUT2D eigenvalue weighted by atomic mass is 9.80. The normalized spacial score (nSPS) is 19.7. The van der Waals surface area contributed by atoms with Crippen LogP contribution < -0.4 is 4.74 Å². The first-order chi connectivity index (χ1) is 16.1. The molecule has 0 bridgehead atoms. The Hall–Kier alpha value is -3.15. The van der Waals surface area contributed by atoms with Gasteiger partial charge in [-0.2, -0.15) is 0 Å². The fourth-order valence-electron chi connectivity index (χ4n) is 4.53. The van der Waals surface area contributed by atoms with Crippen molar-refractivity contribution in [2.75, 3.05) is 26.9 Å². The van der Waals surface area contributed by atoms with Crippen molar-refractivity contribution in [1.82, 2.24) is 0 Å². The number of aliphatic hydroxyl groups is 1. The molecule has 3 aromatic carbocycles. The molecule has 1 N–H and O–H groups in total. The average Bonchev–Trinajstić information content (AvgIpc) is 3.61. The molecular formula is C28H30O5. The smallest absolute Gasteiger partial charge is 0.314 e. The van der Waals surface area contributed by atoms with Crippen LogP contribution in [0.3, 0.4) is 0 Å². The lowest BCUT2D eigenvalue weighted by Crippen LogP contribution is -2.35. The Morgan fingerprint density at radius 3 is 1.97 bits per heavy atom. The number of aliphatic hydroxyl groups excluding tert-OH is 1. The predicted octanol–water partition coefficient (Wildman–Crippen LogP) is 4.57. The Morgan fingerprint density at radius 2 is 1.48 bits per heavy atom. The molecule has 0 aliphatic heterocycles. The maximum Gasteiger partial charge on any atom is 0.314 e. The fraction of sp³-hybridized carbons (Fsp3) is 0.321. The molecule has 33 heavy (non-hydrogen) atoms. The zero-order valence-electron chi connectivity index (χ0n) is 19.1. The Bertz CT molecular complexity index is 1010. The number of esters is 1. The quantitative estimate of drug-likeness (QED) is 0.365. The number of rotatable bonds is 10. The van der Waals surface area contributed by atoms with Crippen LogP contribution in [0.5, 0.6) is 5.75 Å². The van der Waals surface area contributed by atoms with Crippen LogP contribution in [0.4, 0.5) is 0 Å². The van der Waals surface area contributed by atoms with E-state index in [4.69, 9.17) is 14.2 Å². The standard InChI is InChI=1S/C28H30O5/c1-3-32-26(30)27(20-29)18-24(27)19-33-28(21-10-6-4-7-11-21,22-12-8-5-9-13-22)23-14-16-25(31-2)17-15-23/h4-17,24,29H,3,18-20H2,1-2H3/t24-,27-/m0/s1. The van der Waals surface area contributed by atoms with Gasteiger partial charge in [-0.25, -0.2) is 0 Å². The van der Waals surface area contributed by atoms with Crippen LogP contribution in [0.2, 0.25) is 0 Å². The van der Waals surface area contributed by atoms with Gasteiger partial charge in [-0.15, -0.1) is 0 Å². The summed E-state index contributed by atoms with van der Waals surface area (Å²) in [5.41, 5.74) is 1.13. The summed E-state index contributed by atoms with van der Waals surface area (Å²) in [5.74, 6) is 0.291. The van der Waals surface area contributed by atoms with E-state index < -0.39 is 11.0 Å². The van der Waals surface area contributed by atoms with Crippen LogP contribution in [0, 0.1) is 11.3 Å². The average molecular weight is 447 g/mol. The largest absolute Gasteiger partial charge is 0.497 e. The molecule has 3 aromatic rings. The minimum Gasteiger partial charge on any atom is -0.497 e. The molecule has 1 aliphatic rings. The van der Waals surface area contributed by atoms with E-state index in [1.807, 2.05) is 60.7 Å². The van der Waals surface area contributed by atoms with Gasteiger partial charge in [-0.3, -0.25) is 4.79 Å². The van der Waals surface area contributed by atoms with Gasteiger partial charge in [-0.1, -0.05) is 72.8 Å². The van der Waals surface area contributed by atoms with E-state index in [-0.39, 0.29) is 25.1 Å². The number of ether oxygens (including phenoxy) is 3. The zero-order chi connectivity index (χ0) is 23.3. The monoisotopic (exact) mass is 446 g/mol. The third kappa shape index (κ3) is 4.26. The summed E-state index contributed by atoms with van der Waals surface area (Å²) in [6, 6.07) is 28.0. The van der Waals surface area contributed by atoms with E-state index in [9.17, 15) is 9.90 Å². The Morgan fingerprint density at radius 1 is 0.939 bits per heavy atom. The van der Waals surface area contributed by atoms with Crippen molar-refractivity contribution in [3.8, 4) is 5.75 Å². The lowest BCUT2D eigenvalue weighted by Gasteiger charge is -2.36. The van der Waals surface area contributed by atoms with Crippen molar-refractivity contribution in [2.24, 2.45) is 11.3 Å². The number of carbonyl (C=O) groups is 1. The van der Waals surface area contributed by atoms with E-state index in [1.165, 1.54) is 0 Å². The van der Waals surface area contributed by atoms with E-state index in [2.05, 4.69) is 24.3 Å². The lowest BCUT2D eigenvalue weighted by molar-refractivity contribution is -0.152. The highest BCUT2D eigenvalue weighted by Gasteiger charge is 2.61. The number of benzene rings is 3. The first-order valence-corrected chi connectivity index (χ1v) is 11.3. The predicted molar refractivity (Wildman–Crippen MR) is 126 cm³/mol. The van der Waals surface area contributed by atoms with Gasteiger partial charge in [-0.05, 0) is 42.2 Å². The van der Waals surface area contributed by atoms with E-state index in [1.54, 1.807) is 14.0 Å². The molecule has 4 rings (SSSR count). The minimum atomic E-state index is -0.896.